The predicted molar refractivity (Wildman–Crippen MR) is 104 cm³/mol. The van der Waals surface area contributed by atoms with Crippen LogP contribution in [0.2, 0.25) is 0 Å². The minimum atomic E-state index is -0.570. The molecule has 1 aliphatic heterocycles. The third kappa shape index (κ3) is 4.17. The molecule has 2 aromatic rings. The van der Waals surface area contributed by atoms with Crippen molar-refractivity contribution >= 4 is 0 Å². The number of rotatable bonds is 5. The minimum absolute atomic E-state index is 0.0604. The van der Waals surface area contributed by atoms with Crippen molar-refractivity contribution < 1.29 is 14.9 Å². The largest absolute Gasteiger partial charge is 0.394 e. The van der Waals surface area contributed by atoms with Gasteiger partial charge >= 0.3 is 0 Å². The van der Waals surface area contributed by atoms with Crippen LogP contribution in [-0.2, 0) is 23.2 Å². The molecule has 26 heavy (non-hydrogen) atoms. The Morgan fingerprint density at radius 1 is 1.12 bits per heavy atom. The van der Waals surface area contributed by atoms with Gasteiger partial charge in [-0.15, -0.1) is 0 Å². The summed E-state index contributed by atoms with van der Waals surface area (Å²) in [6.07, 6.45) is 2.23. The normalized spacial score (nSPS) is 26.0. The van der Waals surface area contributed by atoms with Gasteiger partial charge in [0, 0.05) is 12.8 Å². The summed E-state index contributed by atoms with van der Waals surface area (Å²) in [5.74, 6) is 0. The Morgan fingerprint density at radius 2 is 1.81 bits per heavy atom. The molecule has 3 nitrogen and oxygen atoms in total. The van der Waals surface area contributed by atoms with E-state index in [1.807, 2.05) is 6.92 Å². The van der Waals surface area contributed by atoms with Gasteiger partial charge in [0.05, 0.1) is 24.4 Å². The molecule has 1 heterocycles. The second-order valence-electron chi connectivity index (χ2n) is 7.74. The lowest BCUT2D eigenvalue weighted by Crippen LogP contribution is -2.43. The van der Waals surface area contributed by atoms with Crippen molar-refractivity contribution in [1.29, 1.82) is 0 Å². The number of aliphatic hydroxyl groups is 2. The first-order chi connectivity index (χ1) is 12.4. The van der Waals surface area contributed by atoms with E-state index in [1.54, 1.807) is 0 Å². The SMILES string of the molecule is CCc1ccc(Cc2cc([C@@]3(C)CC(O)CC(CO)O3)ccc2C)cc1. The third-order valence-corrected chi connectivity index (χ3v) is 5.58. The number of aryl methyl sites for hydroxylation is 2. The highest BCUT2D eigenvalue weighted by Crippen LogP contribution is 2.38. The van der Waals surface area contributed by atoms with E-state index in [2.05, 4.69) is 56.3 Å². The first-order valence-corrected chi connectivity index (χ1v) is 9.58. The lowest BCUT2D eigenvalue weighted by atomic mass is 9.83. The van der Waals surface area contributed by atoms with Crippen molar-refractivity contribution in [3.63, 3.8) is 0 Å². The summed E-state index contributed by atoms with van der Waals surface area (Å²) in [5.41, 5.74) is 5.68. The summed E-state index contributed by atoms with van der Waals surface area (Å²) in [4.78, 5) is 0. The Hall–Kier alpha value is -1.68. The summed E-state index contributed by atoms with van der Waals surface area (Å²) in [6, 6.07) is 15.2. The lowest BCUT2D eigenvalue weighted by molar-refractivity contribution is -0.169. The summed E-state index contributed by atoms with van der Waals surface area (Å²) in [6.45, 7) is 6.26. The Morgan fingerprint density at radius 3 is 2.46 bits per heavy atom. The molecule has 2 N–H and O–H groups in total. The standard InChI is InChI=1S/C23H30O3/c1-4-17-6-8-18(9-7-17)11-19-12-20(10-5-16(19)2)23(3)14-21(25)13-22(15-24)26-23/h5-10,12,21-22,24-25H,4,11,13-15H2,1-3H3/t21?,22?,23-/m1/s1. The second-order valence-corrected chi connectivity index (χ2v) is 7.74. The fourth-order valence-corrected chi connectivity index (χ4v) is 3.90. The van der Waals surface area contributed by atoms with Crippen molar-refractivity contribution in [2.24, 2.45) is 0 Å². The number of benzene rings is 2. The van der Waals surface area contributed by atoms with Crippen LogP contribution in [-0.4, -0.2) is 29.0 Å². The summed E-state index contributed by atoms with van der Waals surface area (Å²) < 4.78 is 6.14. The van der Waals surface area contributed by atoms with Crippen LogP contribution < -0.4 is 0 Å². The monoisotopic (exact) mass is 354 g/mol. The Kier molecular flexibility index (Phi) is 5.81. The van der Waals surface area contributed by atoms with Crippen LogP contribution in [0.25, 0.3) is 0 Å². The molecule has 1 fully saturated rings. The number of ether oxygens (including phenoxy) is 1. The van der Waals surface area contributed by atoms with Crippen LogP contribution in [0.3, 0.4) is 0 Å². The molecule has 140 valence electrons. The van der Waals surface area contributed by atoms with Crippen LogP contribution in [0.4, 0.5) is 0 Å². The van der Waals surface area contributed by atoms with E-state index in [0.717, 1.165) is 18.4 Å². The molecule has 0 bridgehead atoms. The van der Waals surface area contributed by atoms with Gasteiger partial charge in [0.1, 0.15) is 0 Å². The van der Waals surface area contributed by atoms with Crippen LogP contribution in [0.1, 0.15) is 54.5 Å². The Bertz CT molecular complexity index is 738. The van der Waals surface area contributed by atoms with E-state index in [9.17, 15) is 10.2 Å². The Balaban J connectivity index is 1.86. The molecule has 0 aliphatic carbocycles. The van der Waals surface area contributed by atoms with E-state index >= 15 is 0 Å². The molecule has 2 unspecified atom stereocenters. The van der Waals surface area contributed by atoms with E-state index in [1.165, 1.54) is 22.3 Å². The van der Waals surface area contributed by atoms with Gasteiger partial charge in [-0.3, -0.25) is 0 Å². The fraction of sp³-hybridized carbons (Fsp3) is 0.478. The smallest absolute Gasteiger partial charge is 0.0932 e. The molecule has 0 radical (unpaired) electrons. The van der Waals surface area contributed by atoms with Crippen LogP contribution in [0.5, 0.6) is 0 Å². The zero-order valence-corrected chi connectivity index (χ0v) is 16.0. The maximum Gasteiger partial charge on any atom is 0.0932 e. The van der Waals surface area contributed by atoms with Crippen molar-refractivity contribution in [2.75, 3.05) is 6.61 Å². The van der Waals surface area contributed by atoms with Crippen molar-refractivity contribution in [1.82, 2.24) is 0 Å². The molecule has 0 amide bonds. The highest BCUT2D eigenvalue weighted by atomic mass is 16.5. The number of hydrogen-bond donors (Lipinski definition) is 2. The van der Waals surface area contributed by atoms with E-state index in [0.29, 0.717) is 12.8 Å². The average molecular weight is 354 g/mol. The average Bonchev–Trinajstić information content (AvgIpc) is 2.63. The van der Waals surface area contributed by atoms with E-state index in [-0.39, 0.29) is 12.7 Å². The fourth-order valence-electron chi connectivity index (χ4n) is 3.90. The molecule has 3 heteroatoms. The van der Waals surface area contributed by atoms with E-state index < -0.39 is 11.7 Å². The predicted octanol–water partition coefficient (Wildman–Crippen LogP) is 3.90. The van der Waals surface area contributed by atoms with Gasteiger partial charge in [-0.2, -0.15) is 0 Å². The zero-order chi connectivity index (χ0) is 18.7. The highest BCUT2D eigenvalue weighted by molar-refractivity contribution is 5.38. The third-order valence-electron chi connectivity index (χ3n) is 5.58. The summed E-state index contributed by atoms with van der Waals surface area (Å²) in [5, 5.41) is 19.7. The van der Waals surface area contributed by atoms with Gasteiger partial charge in [0.25, 0.3) is 0 Å². The van der Waals surface area contributed by atoms with Crippen molar-refractivity contribution in [2.45, 2.75) is 64.3 Å². The highest BCUT2D eigenvalue weighted by Gasteiger charge is 2.38. The molecule has 0 saturated carbocycles. The van der Waals surface area contributed by atoms with Gasteiger partial charge in [-0.05, 0) is 54.5 Å². The van der Waals surface area contributed by atoms with Crippen molar-refractivity contribution in [3.05, 3.63) is 70.3 Å². The maximum atomic E-state index is 10.2. The van der Waals surface area contributed by atoms with E-state index in [4.69, 9.17) is 4.74 Å². The molecule has 3 atom stereocenters. The first-order valence-electron chi connectivity index (χ1n) is 9.58. The summed E-state index contributed by atoms with van der Waals surface area (Å²) in [7, 11) is 0. The van der Waals surface area contributed by atoms with Crippen LogP contribution in [0, 0.1) is 6.92 Å². The van der Waals surface area contributed by atoms with Gasteiger partial charge in [0.15, 0.2) is 0 Å². The van der Waals surface area contributed by atoms with Crippen LogP contribution in [0.15, 0.2) is 42.5 Å². The zero-order valence-electron chi connectivity index (χ0n) is 16.0. The molecular formula is C23H30O3. The van der Waals surface area contributed by atoms with Gasteiger partial charge < -0.3 is 14.9 Å². The topological polar surface area (TPSA) is 49.7 Å². The second kappa shape index (κ2) is 7.91. The molecule has 1 saturated heterocycles. The number of aliphatic hydroxyl groups excluding tert-OH is 2. The summed E-state index contributed by atoms with van der Waals surface area (Å²) >= 11 is 0. The minimum Gasteiger partial charge on any atom is -0.394 e. The number of hydrogen-bond acceptors (Lipinski definition) is 3. The van der Waals surface area contributed by atoms with Gasteiger partial charge in [0.2, 0.25) is 0 Å². The lowest BCUT2D eigenvalue weighted by Gasteiger charge is -2.41. The molecular weight excluding hydrogens is 324 g/mol. The van der Waals surface area contributed by atoms with Gasteiger partial charge in [-0.1, -0.05) is 49.4 Å². The molecule has 0 aromatic heterocycles. The quantitative estimate of drug-likeness (QED) is 0.856. The van der Waals surface area contributed by atoms with Gasteiger partial charge in [-0.25, -0.2) is 0 Å². The molecule has 0 spiro atoms. The first kappa shape index (κ1) is 19.1. The Labute approximate surface area is 156 Å². The van der Waals surface area contributed by atoms with Crippen LogP contribution >= 0.6 is 0 Å². The molecule has 1 aliphatic rings. The maximum absolute atomic E-state index is 10.2. The molecule has 3 rings (SSSR count). The molecule has 2 aromatic carbocycles. The van der Waals surface area contributed by atoms with Crippen molar-refractivity contribution in [3.8, 4) is 0 Å².